The van der Waals surface area contributed by atoms with Crippen LogP contribution in [0.5, 0.6) is 0 Å². The fraction of sp³-hybridized carbons (Fsp3) is 0.714. The number of nitrogens with one attached hydrogen (secondary N) is 2. The smallest absolute Gasteiger partial charge is 0.263 e. The third-order valence-electron chi connectivity index (χ3n) is 3.63. The summed E-state index contributed by atoms with van der Waals surface area (Å²) in [5.41, 5.74) is 0.754. The molecule has 22 heavy (non-hydrogen) atoms. The summed E-state index contributed by atoms with van der Waals surface area (Å²) in [5, 5.41) is 3.90. The van der Waals surface area contributed by atoms with Crippen molar-refractivity contribution < 1.29 is 13.2 Å². The molecular formula is C14H23N3O3S2. The molecule has 1 aromatic heterocycles. The third-order valence-corrected chi connectivity index (χ3v) is 5.50. The van der Waals surface area contributed by atoms with E-state index in [1.54, 1.807) is 0 Å². The highest BCUT2D eigenvalue weighted by atomic mass is 32.2. The van der Waals surface area contributed by atoms with Gasteiger partial charge >= 0.3 is 0 Å². The minimum absolute atomic E-state index is 0.167. The van der Waals surface area contributed by atoms with Crippen LogP contribution < -0.4 is 10.0 Å². The van der Waals surface area contributed by atoms with Crippen LogP contribution in [0.4, 0.5) is 0 Å². The fourth-order valence-corrected chi connectivity index (χ4v) is 3.71. The maximum absolute atomic E-state index is 12.4. The first-order valence-electron chi connectivity index (χ1n) is 7.50. The zero-order valence-electron chi connectivity index (χ0n) is 13.2. The Morgan fingerprint density at radius 1 is 1.45 bits per heavy atom. The summed E-state index contributed by atoms with van der Waals surface area (Å²) in [4.78, 5) is 17.5. The molecule has 0 saturated heterocycles. The summed E-state index contributed by atoms with van der Waals surface area (Å²) in [5.74, 6) is 0.572. The predicted octanol–water partition coefficient (Wildman–Crippen LogP) is 1.46. The lowest BCUT2D eigenvalue weighted by molar-refractivity contribution is 0.0939. The number of sulfonamides is 1. The van der Waals surface area contributed by atoms with E-state index in [0.29, 0.717) is 11.3 Å². The van der Waals surface area contributed by atoms with E-state index in [9.17, 15) is 13.2 Å². The van der Waals surface area contributed by atoms with E-state index in [0.717, 1.165) is 29.3 Å². The Labute approximate surface area is 135 Å². The lowest BCUT2D eigenvalue weighted by Gasteiger charge is -2.16. The van der Waals surface area contributed by atoms with Crippen molar-refractivity contribution in [3.8, 4) is 0 Å². The Morgan fingerprint density at radius 3 is 2.68 bits per heavy atom. The highest BCUT2D eigenvalue weighted by Gasteiger charge is 2.25. The Kier molecular flexibility index (Phi) is 5.57. The largest absolute Gasteiger partial charge is 0.347 e. The minimum Gasteiger partial charge on any atom is -0.347 e. The molecule has 8 heteroatoms. The minimum atomic E-state index is -3.25. The van der Waals surface area contributed by atoms with Crippen molar-refractivity contribution in [2.45, 2.75) is 45.6 Å². The second-order valence-corrected chi connectivity index (χ2v) is 8.79. The van der Waals surface area contributed by atoms with Crippen LogP contribution >= 0.6 is 11.3 Å². The summed E-state index contributed by atoms with van der Waals surface area (Å²) in [6.45, 7) is 3.96. The van der Waals surface area contributed by atoms with Crippen LogP contribution in [-0.2, 0) is 16.4 Å². The Balaban J connectivity index is 1.95. The van der Waals surface area contributed by atoms with Crippen LogP contribution in [0.25, 0.3) is 0 Å². The first-order valence-corrected chi connectivity index (χ1v) is 10.2. The van der Waals surface area contributed by atoms with Gasteiger partial charge in [-0.1, -0.05) is 6.92 Å². The topological polar surface area (TPSA) is 88.2 Å². The van der Waals surface area contributed by atoms with Gasteiger partial charge in [0.2, 0.25) is 10.0 Å². The molecule has 1 aliphatic rings. The molecule has 1 heterocycles. The van der Waals surface area contributed by atoms with E-state index in [4.69, 9.17) is 0 Å². The van der Waals surface area contributed by atoms with E-state index < -0.39 is 10.0 Å². The van der Waals surface area contributed by atoms with Crippen molar-refractivity contribution in [2.24, 2.45) is 5.92 Å². The second-order valence-electron chi connectivity index (χ2n) is 5.87. The van der Waals surface area contributed by atoms with Gasteiger partial charge < -0.3 is 5.32 Å². The summed E-state index contributed by atoms with van der Waals surface area (Å²) < 4.78 is 24.7. The number of carbonyl (C=O) groups excluding carboxylic acids is 1. The highest BCUT2D eigenvalue weighted by Crippen LogP contribution is 2.34. The Morgan fingerprint density at radius 2 is 2.14 bits per heavy atom. The van der Waals surface area contributed by atoms with Crippen molar-refractivity contribution in [1.82, 2.24) is 15.0 Å². The number of hydrogen-bond donors (Lipinski definition) is 2. The quantitative estimate of drug-likeness (QED) is 0.747. The molecule has 1 unspecified atom stereocenters. The second kappa shape index (κ2) is 7.06. The van der Waals surface area contributed by atoms with Gasteiger partial charge in [0.15, 0.2) is 0 Å². The van der Waals surface area contributed by atoms with Crippen molar-refractivity contribution in [1.29, 1.82) is 0 Å². The molecule has 6 nitrogen and oxygen atoms in total. The average molecular weight is 345 g/mol. The molecule has 1 amide bonds. The number of rotatable bonds is 8. The van der Waals surface area contributed by atoms with E-state index in [-0.39, 0.29) is 18.5 Å². The normalized spacial score (nSPS) is 16.5. The highest BCUT2D eigenvalue weighted by molar-refractivity contribution is 7.88. The summed E-state index contributed by atoms with van der Waals surface area (Å²) >= 11 is 1.45. The van der Waals surface area contributed by atoms with Gasteiger partial charge in [0.1, 0.15) is 4.88 Å². The molecule has 2 rings (SSSR count). The van der Waals surface area contributed by atoms with E-state index in [1.165, 1.54) is 24.2 Å². The van der Waals surface area contributed by atoms with Gasteiger partial charge in [0.05, 0.1) is 17.0 Å². The van der Waals surface area contributed by atoms with Crippen molar-refractivity contribution in [2.75, 3.05) is 12.8 Å². The van der Waals surface area contributed by atoms with Crippen molar-refractivity contribution >= 4 is 27.3 Å². The number of carbonyl (C=O) groups is 1. The number of thiazole rings is 1. The van der Waals surface area contributed by atoms with E-state index in [2.05, 4.69) is 15.0 Å². The van der Waals surface area contributed by atoms with Crippen molar-refractivity contribution in [3.63, 3.8) is 0 Å². The first-order chi connectivity index (χ1) is 10.3. The standard InChI is InChI=1S/C14H23N3O3S2/c1-4-11(8-15-22(3,19)20)17-14(18)13-9(2)16-12(21-13)7-10-5-6-10/h10-11,15H,4-8H2,1-3H3,(H,17,18). The first kappa shape index (κ1) is 17.4. The molecule has 1 aliphatic carbocycles. The molecule has 1 atom stereocenters. The molecule has 1 aromatic rings. The Bertz CT molecular complexity index is 636. The lowest BCUT2D eigenvalue weighted by Crippen LogP contribution is -2.43. The van der Waals surface area contributed by atoms with Gasteiger partial charge in [0, 0.05) is 19.0 Å². The third kappa shape index (κ3) is 5.33. The molecule has 0 aliphatic heterocycles. The van der Waals surface area contributed by atoms with Crippen LogP contribution in [0.1, 0.15) is 46.6 Å². The molecule has 0 radical (unpaired) electrons. The summed E-state index contributed by atoms with van der Waals surface area (Å²) in [6.07, 6.45) is 5.25. The molecule has 1 fully saturated rings. The van der Waals surface area contributed by atoms with Gasteiger partial charge in [-0.25, -0.2) is 18.1 Å². The van der Waals surface area contributed by atoms with Gasteiger partial charge in [-0.15, -0.1) is 11.3 Å². The molecule has 0 bridgehead atoms. The monoisotopic (exact) mass is 345 g/mol. The average Bonchev–Trinajstić information content (AvgIpc) is 3.15. The zero-order chi connectivity index (χ0) is 16.3. The van der Waals surface area contributed by atoms with E-state index in [1.807, 2.05) is 13.8 Å². The van der Waals surface area contributed by atoms with Crippen LogP contribution in [-0.4, -0.2) is 38.2 Å². The van der Waals surface area contributed by atoms with Gasteiger partial charge in [0.25, 0.3) is 5.91 Å². The van der Waals surface area contributed by atoms with E-state index >= 15 is 0 Å². The van der Waals surface area contributed by atoms with Crippen LogP contribution in [0.2, 0.25) is 0 Å². The zero-order valence-corrected chi connectivity index (χ0v) is 14.8. The van der Waals surface area contributed by atoms with Gasteiger partial charge in [-0.05, 0) is 32.1 Å². The Hall–Kier alpha value is -0.990. The fourth-order valence-electron chi connectivity index (χ4n) is 2.12. The number of aromatic nitrogens is 1. The number of amides is 1. The van der Waals surface area contributed by atoms with Gasteiger partial charge in [-0.2, -0.15) is 0 Å². The molecule has 1 saturated carbocycles. The molecule has 2 N–H and O–H groups in total. The molecule has 0 aromatic carbocycles. The number of nitrogens with zero attached hydrogens (tertiary/aromatic N) is 1. The number of aryl methyl sites for hydroxylation is 1. The predicted molar refractivity (Wildman–Crippen MR) is 87.7 cm³/mol. The maximum Gasteiger partial charge on any atom is 0.263 e. The lowest BCUT2D eigenvalue weighted by atomic mass is 10.2. The van der Waals surface area contributed by atoms with Crippen LogP contribution in [0, 0.1) is 12.8 Å². The number of hydrogen-bond acceptors (Lipinski definition) is 5. The van der Waals surface area contributed by atoms with Crippen LogP contribution in [0.15, 0.2) is 0 Å². The molecule has 124 valence electrons. The molecular weight excluding hydrogens is 322 g/mol. The molecule has 0 spiro atoms. The SMILES string of the molecule is CCC(CNS(C)(=O)=O)NC(=O)c1sc(CC2CC2)nc1C. The van der Waals surface area contributed by atoms with Gasteiger partial charge in [-0.3, -0.25) is 4.79 Å². The van der Waals surface area contributed by atoms with Crippen molar-refractivity contribution in [3.05, 3.63) is 15.6 Å². The summed E-state index contributed by atoms with van der Waals surface area (Å²) in [7, 11) is -3.25. The summed E-state index contributed by atoms with van der Waals surface area (Å²) in [6, 6.07) is -0.226. The van der Waals surface area contributed by atoms with Crippen LogP contribution in [0.3, 0.4) is 0 Å². The maximum atomic E-state index is 12.4.